The zero-order valence-corrected chi connectivity index (χ0v) is 10.4. The van der Waals surface area contributed by atoms with Crippen LogP contribution in [0.2, 0.25) is 0 Å². The number of hydrogen-bond donors (Lipinski definition) is 1. The minimum Gasteiger partial charge on any atom is -0.397 e. The minimum absolute atomic E-state index is 0.628. The average Bonchev–Trinajstić information content (AvgIpc) is 2.37. The summed E-state index contributed by atoms with van der Waals surface area (Å²) in [5.74, 6) is 1.66. The molecule has 1 aromatic rings. The summed E-state index contributed by atoms with van der Waals surface area (Å²) in [5.41, 5.74) is 6.37. The molecule has 0 amide bonds. The van der Waals surface area contributed by atoms with Crippen molar-refractivity contribution in [3.8, 4) is 0 Å². The first-order chi connectivity index (χ1) is 8.29. The third-order valence-electron chi connectivity index (χ3n) is 3.17. The maximum absolute atomic E-state index is 5.65. The van der Waals surface area contributed by atoms with Gasteiger partial charge in [0.2, 0.25) is 0 Å². The summed E-state index contributed by atoms with van der Waals surface area (Å²) in [6, 6.07) is 3.91. The Morgan fingerprint density at radius 2 is 2.41 bits per heavy atom. The van der Waals surface area contributed by atoms with Gasteiger partial charge in [-0.3, -0.25) is 0 Å². The second-order valence-corrected chi connectivity index (χ2v) is 4.56. The van der Waals surface area contributed by atoms with E-state index in [0.29, 0.717) is 5.92 Å². The van der Waals surface area contributed by atoms with Crippen molar-refractivity contribution in [2.24, 2.45) is 5.92 Å². The first-order valence-electron chi connectivity index (χ1n) is 6.34. The van der Waals surface area contributed by atoms with Gasteiger partial charge in [0, 0.05) is 19.7 Å². The molecule has 1 aliphatic rings. The van der Waals surface area contributed by atoms with E-state index in [0.717, 1.165) is 37.8 Å². The Morgan fingerprint density at radius 1 is 1.53 bits per heavy atom. The van der Waals surface area contributed by atoms with Crippen molar-refractivity contribution in [3.63, 3.8) is 0 Å². The zero-order chi connectivity index (χ0) is 12.1. The third-order valence-corrected chi connectivity index (χ3v) is 3.17. The molecule has 2 rings (SSSR count). The molecule has 17 heavy (non-hydrogen) atoms. The highest BCUT2D eigenvalue weighted by molar-refractivity contribution is 5.46. The molecule has 1 aromatic heterocycles. The molecule has 0 spiro atoms. The lowest BCUT2D eigenvalue weighted by Gasteiger charge is -2.33. The van der Waals surface area contributed by atoms with E-state index in [9.17, 15) is 0 Å². The van der Waals surface area contributed by atoms with E-state index in [1.807, 2.05) is 19.1 Å². The monoisotopic (exact) mass is 235 g/mol. The molecule has 0 radical (unpaired) electrons. The van der Waals surface area contributed by atoms with Gasteiger partial charge >= 0.3 is 0 Å². The summed E-state index contributed by atoms with van der Waals surface area (Å²) in [7, 11) is 0. The van der Waals surface area contributed by atoms with Gasteiger partial charge in [0.25, 0.3) is 0 Å². The smallest absolute Gasteiger partial charge is 0.128 e. The highest BCUT2D eigenvalue weighted by Crippen LogP contribution is 2.22. The summed E-state index contributed by atoms with van der Waals surface area (Å²) >= 11 is 0. The molecule has 1 fully saturated rings. The maximum atomic E-state index is 5.65. The molecule has 2 N–H and O–H groups in total. The summed E-state index contributed by atoms with van der Waals surface area (Å²) in [6.45, 7) is 5.83. The summed E-state index contributed by atoms with van der Waals surface area (Å²) in [6.07, 6.45) is 4.19. The van der Waals surface area contributed by atoms with Crippen LogP contribution in [0.3, 0.4) is 0 Å². The number of rotatable bonds is 4. The van der Waals surface area contributed by atoms with Crippen molar-refractivity contribution in [1.82, 2.24) is 4.98 Å². The van der Waals surface area contributed by atoms with Gasteiger partial charge in [0.1, 0.15) is 5.82 Å². The molecule has 0 saturated carbocycles. The molecule has 0 bridgehead atoms. The van der Waals surface area contributed by atoms with Crippen LogP contribution in [-0.2, 0) is 4.74 Å². The minimum atomic E-state index is 0.628. The van der Waals surface area contributed by atoms with Crippen molar-refractivity contribution in [3.05, 3.63) is 18.3 Å². The second kappa shape index (κ2) is 5.87. The van der Waals surface area contributed by atoms with Crippen LogP contribution in [0.1, 0.15) is 19.8 Å². The molecular weight excluding hydrogens is 214 g/mol. The van der Waals surface area contributed by atoms with Crippen molar-refractivity contribution in [2.75, 3.05) is 36.9 Å². The largest absolute Gasteiger partial charge is 0.397 e. The molecule has 0 aromatic carbocycles. The van der Waals surface area contributed by atoms with Crippen LogP contribution in [0.15, 0.2) is 18.3 Å². The van der Waals surface area contributed by atoms with Crippen molar-refractivity contribution >= 4 is 11.5 Å². The van der Waals surface area contributed by atoms with E-state index in [4.69, 9.17) is 10.5 Å². The van der Waals surface area contributed by atoms with Crippen LogP contribution in [0, 0.1) is 5.92 Å². The Hall–Kier alpha value is -1.29. The zero-order valence-electron chi connectivity index (χ0n) is 10.4. The van der Waals surface area contributed by atoms with Gasteiger partial charge < -0.3 is 15.4 Å². The normalized spacial score (nSPS) is 20.5. The molecule has 1 unspecified atom stereocenters. The number of nitrogens with zero attached hydrogens (tertiary/aromatic N) is 2. The lowest BCUT2D eigenvalue weighted by molar-refractivity contribution is 0.104. The lowest BCUT2D eigenvalue weighted by Crippen LogP contribution is -2.37. The number of piperidine rings is 1. The van der Waals surface area contributed by atoms with Gasteiger partial charge in [-0.1, -0.05) is 0 Å². The highest BCUT2D eigenvalue weighted by atomic mass is 16.5. The van der Waals surface area contributed by atoms with E-state index in [1.165, 1.54) is 12.8 Å². The third kappa shape index (κ3) is 3.33. The topological polar surface area (TPSA) is 51.4 Å². The van der Waals surface area contributed by atoms with Gasteiger partial charge in [0.15, 0.2) is 0 Å². The molecule has 1 atom stereocenters. The van der Waals surface area contributed by atoms with E-state index in [-0.39, 0.29) is 0 Å². The van der Waals surface area contributed by atoms with Gasteiger partial charge in [-0.2, -0.15) is 0 Å². The Morgan fingerprint density at radius 3 is 3.12 bits per heavy atom. The first-order valence-corrected chi connectivity index (χ1v) is 6.34. The van der Waals surface area contributed by atoms with Gasteiger partial charge in [-0.05, 0) is 37.8 Å². The quantitative estimate of drug-likeness (QED) is 0.866. The average molecular weight is 235 g/mol. The Balaban J connectivity index is 1.94. The van der Waals surface area contributed by atoms with E-state index in [2.05, 4.69) is 9.88 Å². The van der Waals surface area contributed by atoms with E-state index in [1.54, 1.807) is 6.20 Å². The fourth-order valence-corrected chi connectivity index (χ4v) is 2.28. The number of nitrogens with two attached hydrogens (primary N) is 1. The number of aromatic nitrogens is 1. The lowest BCUT2D eigenvalue weighted by atomic mass is 9.99. The number of hydrogen-bond acceptors (Lipinski definition) is 4. The Labute approximate surface area is 103 Å². The summed E-state index contributed by atoms with van der Waals surface area (Å²) in [5, 5.41) is 0. The molecule has 4 heteroatoms. The molecule has 1 aliphatic heterocycles. The molecule has 0 aliphatic carbocycles. The van der Waals surface area contributed by atoms with Gasteiger partial charge in [0.05, 0.1) is 18.5 Å². The van der Waals surface area contributed by atoms with E-state index < -0.39 is 0 Å². The summed E-state index contributed by atoms with van der Waals surface area (Å²) in [4.78, 5) is 6.70. The number of ether oxygens (including phenoxy) is 1. The second-order valence-electron chi connectivity index (χ2n) is 4.56. The fourth-order valence-electron chi connectivity index (χ4n) is 2.28. The molecule has 1 saturated heterocycles. The fraction of sp³-hybridized carbons (Fsp3) is 0.615. The number of anilines is 2. The predicted molar refractivity (Wildman–Crippen MR) is 70.1 cm³/mol. The van der Waals surface area contributed by atoms with Crippen LogP contribution in [0.5, 0.6) is 0 Å². The first kappa shape index (κ1) is 12.2. The standard InChI is InChI=1S/C13H21N3O/c1-2-17-10-11-4-3-7-16(9-11)13-6-5-12(14)8-15-13/h5-6,8,11H,2-4,7,9-10,14H2,1H3. The van der Waals surface area contributed by atoms with Crippen molar-refractivity contribution in [1.29, 1.82) is 0 Å². The van der Waals surface area contributed by atoms with Crippen LogP contribution >= 0.6 is 0 Å². The predicted octanol–water partition coefficient (Wildman–Crippen LogP) is 1.92. The van der Waals surface area contributed by atoms with Crippen LogP contribution in [-0.4, -0.2) is 31.3 Å². The SMILES string of the molecule is CCOCC1CCCN(c2ccc(N)cn2)C1. The molecular formula is C13H21N3O. The number of pyridine rings is 1. The van der Waals surface area contributed by atoms with E-state index >= 15 is 0 Å². The Kier molecular flexibility index (Phi) is 4.20. The van der Waals surface area contributed by atoms with Gasteiger partial charge in [-0.15, -0.1) is 0 Å². The number of nitrogen functional groups attached to an aromatic ring is 1. The highest BCUT2D eigenvalue weighted by Gasteiger charge is 2.20. The molecule has 4 nitrogen and oxygen atoms in total. The van der Waals surface area contributed by atoms with Crippen LogP contribution in [0.4, 0.5) is 11.5 Å². The Bertz CT molecular complexity index is 339. The van der Waals surface area contributed by atoms with Crippen molar-refractivity contribution < 1.29 is 4.74 Å². The van der Waals surface area contributed by atoms with Crippen LogP contribution in [0.25, 0.3) is 0 Å². The maximum Gasteiger partial charge on any atom is 0.128 e. The molecule has 94 valence electrons. The van der Waals surface area contributed by atoms with Crippen LogP contribution < -0.4 is 10.6 Å². The van der Waals surface area contributed by atoms with Crippen molar-refractivity contribution in [2.45, 2.75) is 19.8 Å². The summed E-state index contributed by atoms with van der Waals surface area (Å²) < 4.78 is 5.51. The van der Waals surface area contributed by atoms with Gasteiger partial charge in [-0.25, -0.2) is 4.98 Å². The molecule has 2 heterocycles.